The minimum absolute atomic E-state index is 1.17. The van der Waals surface area contributed by atoms with Crippen molar-refractivity contribution < 1.29 is 4.42 Å². The Kier molecular flexibility index (Phi) is 8.67. The van der Waals surface area contributed by atoms with Gasteiger partial charge in [0.05, 0.1) is 0 Å². The maximum absolute atomic E-state index is 6.53. The van der Waals surface area contributed by atoms with Crippen LogP contribution >= 0.6 is 0 Å². The van der Waals surface area contributed by atoms with Gasteiger partial charge in [-0.15, -0.1) is 0 Å². The van der Waals surface area contributed by atoms with Gasteiger partial charge in [0, 0.05) is 0 Å². The van der Waals surface area contributed by atoms with E-state index in [0.717, 1.165) is 0 Å². The number of nitrogens with zero attached hydrogens (tertiary/aromatic N) is 1. The fourth-order valence-corrected chi connectivity index (χ4v) is 13.0. The van der Waals surface area contributed by atoms with Crippen molar-refractivity contribution in [3.63, 3.8) is 0 Å². The van der Waals surface area contributed by atoms with Gasteiger partial charge in [0.25, 0.3) is 0 Å². The molecule has 0 unspecified atom stereocenters. The van der Waals surface area contributed by atoms with E-state index in [1.165, 1.54) is 57.8 Å². The average Bonchev–Trinajstić information content (AvgIpc) is 3.05. The van der Waals surface area contributed by atoms with E-state index < -0.39 is 21.3 Å². The molecule has 0 spiro atoms. The van der Waals surface area contributed by atoms with E-state index in [-0.39, 0.29) is 0 Å². The Morgan fingerprint density at radius 3 is 2.00 bits per heavy atom. The van der Waals surface area contributed by atoms with Gasteiger partial charge in [0.15, 0.2) is 0 Å². The number of hydrogen-bond acceptors (Lipinski definition) is 2. The molecule has 0 aliphatic rings. The molecule has 4 heteroatoms. The summed E-state index contributed by atoms with van der Waals surface area (Å²) in [6.07, 6.45) is 1.30. The zero-order valence-electron chi connectivity index (χ0n) is 16.7. The molecule has 23 heavy (non-hydrogen) atoms. The Labute approximate surface area is 148 Å². The normalized spacial score (nSPS) is 13.0. The van der Waals surface area contributed by atoms with Crippen LogP contribution in [-0.2, 0) is 0 Å². The van der Waals surface area contributed by atoms with Gasteiger partial charge in [-0.25, -0.2) is 0 Å². The molecule has 0 aliphatic heterocycles. The number of furan rings is 1. The molecule has 0 bridgehead atoms. The van der Waals surface area contributed by atoms with Gasteiger partial charge in [-0.05, 0) is 0 Å². The third kappa shape index (κ3) is 5.23. The minimum atomic E-state index is -1.93. The molecule has 0 fully saturated rings. The molecule has 0 aliphatic carbocycles. The average molecular weight is 398 g/mol. The van der Waals surface area contributed by atoms with Crippen LogP contribution in [0, 0.1) is 0 Å². The zero-order valence-corrected chi connectivity index (χ0v) is 19.8. The molecule has 2 nitrogen and oxygen atoms in total. The second-order valence-corrected chi connectivity index (χ2v) is 23.1. The molecule has 1 heterocycles. The van der Waals surface area contributed by atoms with E-state index in [1.54, 1.807) is 0 Å². The number of rotatable bonds is 11. The van der Waals surface area contributed by atoms with E-state index in [0.29, 0.717) is 0 Å². The van der Waals surface area contributed by atoms with Crippen LogP contribution in [0.2, 0.25) is 34.9 Å². The first-order chi connectivity index (χ1) is 10.9. The van der Waals surface area contributed by atoms with E-state index in [1.807, 2.05) is 0 Å². The summed E-state index contributed by atoms with van der Waals surface area (Å²) < 4.78 is 7.94. The van der Waals surface area contributed by atoms with E-state index in [2.05, 4.69) is 64.7 Å². The van der Waals surface area contributed by atoms with E-state index in [9.17, 15) is 0 Å². The fraction of sp³-hybridized carbons (Fsp3) is 0.789. The van der Waals surface area contributed by atoms with Crippen LogP contribution in [0.4, 0.5) is 0 Å². The van der Waals surface area contributed by atoms with Gasteiger partial charge >= 0.3 is 148 Å². The van der Waals surface area contributed by atoms with Crippen LogP contribution in [0.15, 0.2) is 16.5 Å². The van der Waals surface area contributed by atoms with Crippen molar-refractivity contribution in [3.8, 4) is 0 Å². The van der Waals surface area contributed by atoms with Crippen LogP contribution in [0.25, 0.3) is 0 Å². The van der Waals surface area contributed by atoms with Crippen molar-refractivity contribution in [2.45, 2.75) is 75.9 Å². The Bertz CT molecular complexity index is 442. The fourth-order valence-electron chi connectivity index (χ4n) is 3.67. The summed E-state index contributed by atoms with van der Waals surface area (Å²) in [5.74, 6) is 0. The molecule has 0 saturated carbocycles. The first-order valence-corrected chi connectivity index (χ1v) is 18.4. The van der Waals surface area contributed by atoms with Gasteiger partial charge in [-0.1, -0.05) is 0 Å². The van der Waals surface area contributed by atoms with Crippen LogP contribution < -0.4 is 9.98 Å². The van der Waals surface area contributed by atoms with Crippen LogP contribution in [0.5, 0.6) is 0 Å². The second kappa shape index (κ2) is 9.47. The van der Waals surface area contributed by atoms with Gasteiger partial charge < -0.3 is 0 Å². The van der Waals surface area contributed by atoms with Crippen molar-refractivity contribution in [1.29, 1.82) is 0 Å². The first kappa shape index (κ1) is 21.0. The van der Waals surface area contributed by atoms with Crippen LogP contribution in [0.3, 0.4) is 0 Å². The number of hydrogen-bond donors (Lipinski definition) is 0. The molecule has 1 rings (SSSR count). The molecular weight excluding hydrogens is 359 g/mol. The van der Waals surface area contributed by atoms with Crippen LogP contribution in [-0.4, -0.2) is 45.9 Å². The summed E-state index contributed by atoms with van der Waals surface area (Å²) in [5, 5.41) is 5.40. The summed E-state index contributed by atoms with van der Waals surface area (Å²) in [6, 6.07) is 6.02. The molecule has 1 aromatic heterocycles. The van der Waals surface area contributed by atoms with Crippen LogP contribution in [0.1, 0.15) is 41.0 Å². The molecule has 1 aromatic rings. The quantitative estimate of drug-likeness (QED) is 0.505. The van der Waals surface area contributed by atoms with Gasteiger partial charge in [0.2, 0.25) is 0 Å². The summed E-state index contributed by atoms with van der Waals surface area (Å²) in [7, 11) is -1.43. The van der Waals surface area contributed by atoms with E-state index in [4.69, 9.17) is 4.42 Å². The Balaban J connectivity index is 2.78. The molecule has 0 amide bonds. The predicted molar refractivity (Wildman–Crippen MR) is 110 cm³/mol. The predicted octanol–water partition coefficient (Wildman–Crippen LogP) is 4.64. The van der Waals surface area contributed by atoms with Gasteiger partial charge in [-0.3, -0.25) is 0 Å². The third-order valence-corrected chi connectivity index (χ3v) is 20.5. The van der Waals surface area contributed by atoms with Crippen molar-refractivity contribution in [2.24, 2.45) is 0 Å². The SMILES string of the molecule is CCN(CC)CCC[Si](C)(C)c1cc[c]([Ge]([CH2]C)([CH2]C)[CH2]C)o1. The standard InChI is InChI=1S/C19H39GeNOSi/c1-8-20(9-2,10-3)18-14-15-19(22-18)23(6,7)17-13-16-21(11-4)12-5/h14-15H,8-13,16-17H2,1-7H3. The Morgan fingerprint density at radius 1 is 0.957 bits per heavy atom. The monoisotopic (exact) mass is 399 g/mol. The topological polar surface area (TPSA) is 16.4 Å². The molecular formula is C19H39GeNOSi. The molecule has 0 atom stereocenters. The summed E-state index contributed by atoms with van der Waals surface area (Å²) in [4.78, 5) is 2.53. The molecule has 0 aromatic carbocycles. The second-order valence-electron chi connectivity index (χ2n) is 7.52. The van der Waals surface area contributed by atoms with E-state index >= 15 is 0 Å². The van der Waals surface area contributed by atoms with Gasteiger partial charge in [-0.2, -0.15) is 0 Å². The van der Waals surface area contributed by atoms with Crippen molar-refractivity contribution in [1.82, 2.24) is 4.90 Å². The molecule has 134 valence electrons. The summed E-state index contributed by atoms with van der Waals surface area (Å²) in [5.41, 5.74) is 0. The zero-order chi connectivity index (χ0) is 17.5. The Hall–Kier alpha value is -0.000260. The first-order valence-electron chi connectivity index (χ1n) is 9.72. The third-order valence-electron chi connectivity index (χ3n) is 6.00. The van der Waals surface area contributed by atoms with Gasteiger partial charge in [0.1, 0.15) is 0 Å². The summed E-state index contributed by atoms with van der Waals surface area (Å²) >= 11 is -1.93. The van der Waals surface area contributed by atoms with Crippen molar-refractivity contribution in [3.05, 3.63) is 12.1 Å². The molecule has 0 saturated heterocycles. The molecule has 0 radical (unpaired) electrons. The maximum atomic E-state index is 6.53. The summed E-state index contributed by atoms with van der Waals surface area (Å²) in [6.45, 7) is 20.2. The van der Waals surface area contributed by atoms with Crippen molar-refractivity contribution in [2.75, 3.05) is 19.6 Å². The van der Waals surface area contributed by atoms with Crippen molar-refractivity contribution >= 4 is 31.3 Å². The Morgan fingerprint density at radius 2 is 1.52 bits per heavy atom. The molecule has 0 N–H and O–H groups in total.